The number of carbonyl (C=O) groups excluding carboxylic acids is 1. The fourth-order valence-electron chi connectivity index (χ4n) is 3.70. The Hall–Kier alpha value is -2.37. The van der Waals surface area contributed by atoms with Crippen LogP contribution in [0.3, 0.4) is 0 Å². The van der Waals surface area contributed by atoms with E-state index in [4.69, 9.17) is 4.74 Å². The van der Waals surface area contributed by atoms with Crippen molar-refractivity contribution in [2.24, 2.45) is 0 Å². The molecule has 0 aliphatic carbocycles. The summed E-state index contributed by atoms with van der Waals surface area (Å²) in [5, 5.41) is 15.6. The van der Waals surface area contributed by atoms with Crippen molar-refractivity contribution in [1.82, 2.24) is 5.32 Å². The highest BCUT2D eigenvalue weighted by Gasteiger charge is 2.38. The summed E-state index contributed by atoms with van der Waals surface area (Å²) in [6.07, 6.45) is 1.39. The zero-order valence-corrected chi connectivity index (χ0v) is 16.3. The Balaban J connectivity index is 1.74. The summed E-state index contributed by atoms with van der Waals surface area (Å²) in [5.74, 6) is -0.597. The van der Waals surface area contributed by atoms with E-state index >= 15 is 0 Å². The van der Waals surface area contributed by atoms with Gasteiger partial charge >= 0.3 is 5.97 Å². The summed E-state index contributed by atoms with van der Waals surface area (Å²) in [4.78, 5) is 13.1. The second kappa shape index (κ2) is 7.33. The number of ether oxygens (including phenoxy) is 1. The number of phenolic OH excluding ortho intramolecular Hbond substituents is 1. The minimum atomic E-state index is -0.686. The van der Waals surface area contributed by atoms with Crippen LogP contribution in [0.15, 0.2) is 65.1 Å². The van der Waals surface area contributed by atoms with E-state index in [1.165, 1.54) is 0 Å². The summed E-state index contributed by atoms with van der Waals surface area (Å²) < 4.78 is 6.58. The quantitative estimate of drug-likeness (QED) is 0.594. The van der Waals surface area contributed by atoms with E-state index in [-0.39, 0.29) is 11.3 Å². The maximum Gasteiger partial charge on any atom is 0.342 e. The Kier molecular flexibility index (Phi) is 4.89. The zero-order valence-electron chi connectivity index (χ0n) is 14.7. The van der Waals surface area contributed by atoms with E-state index in [1.54, 1.807) is 6.07 Å². The largest absolute Gasteiger partial charge is 0.506 e. The fraction of sp³-hybridized carbons (Fsp3) is 0.227. The van der Waals surface area contributed by atoms with Gasteiger partial charge in [-0.15, -0.1) is 0 Å². The van der Waals surface area contributed by atoms with E-state index in [0.717, 1.165) is 29.4 Å². The van der Waals surface area contributed by atoms with Crippen LogP contribution in [-0.2, 0) is 10.3 Å². The van der Waals surface area contributed by atoms with Gasteiger partial charge in [0.1, 0.15) is 16.9 Å². The molecule has 3 aromatic carbocycles. The van der Waals surface area contributed by atoms with Gasteiger partial charge in [0, 0.05) is 12.8 Å². The highest BCUT2D eigenvalue weighted by Crippen LogP contribution is 2.39. The monoisotopic (exact) mass is 425 g/mol. The first-order valence-electron chi connectivity index (χ1n) is 9.00. The van der Waals surface area contributed by atoms with Gasteiger partial charge in [-0.25, -0.2) is 4.79 Å². The molecule has 1 aliphatic heterocycles. The Morgan fingerprint density at radius 2 is 1.70 bits per heavy atom. The smallest absolute Gasteiger partial charge is 0.342 e. The molecule has 1 saturated heterocycles. The van der Waals surface area contributed by atoms with Crippen LogP contribution in [0.5, 0.6) is 5.75 Å². The standard InChI is InChI=1S/C22H20BrNO3/c23-19-17-9-5-4-6-15(17)14-18(20(19)25)21(26)27-22(10-12-24-13-11-22)16-7-2-1-3-8-16/h1-9,14,24-25H,10-13H2. The van der Waals surface area contributed by atoms with Gasteiger partial charge in [0.25, 0.3) is 0 Å². The summed E-state index contributed by atoms with van der Waals surface area (Å²) in [6, 6.07) is 19.1. The molecule has 1 heterocycles. The molecule has 1 aliphatic rings. The molecular weight excluding hydrogens is 406 g/mol. The number of halogens is 1. The predicted octanol–water partition coefficient (Wildman–Crippen LogP) is 4.74. The van der Waals surface area contributed by atoms with Crippen LogP contribution in [0.1, 0.15) is 28.8 Å². The van der Waals surface area contributed by atoms with Crippen LogP contribution < -0.4 is 5.32 Å². The highest BCUT2D eigenvalue weighted by atomic mass is 79.9. The molecule has 4 rings (SSSR count). The maximum atomic E-state index is 13.1. The molecule has 2 N–H and O–H groups in total. The molecule has 0 atom stereocenters. The predicted molar refractivity (Wildman–Crippen MR) is 109 cm³/mol. The van der Waals surface area contributed by atoms with E-state index in [1.807, 2.05) is 54.6 Å². The highest BCUT2D eigenvalue weighted by molar-refractivity contribution is 9.10. The van der Waals surface area contributed by atoms with Crippen molar-refractivity contribution < 1.29 is 14.6 Å². The lowest BCUT2D eigenvalue weighted by atomic mass is 9.84. The van der Waals surface area contributed by atoms with E-state index < -0.39 is 11.6 Å². The third-order valence-electron chi connectivity index (χ3n) is 5.18. The summed E-state index contributed by atoms with van der Waals surface area (Å²) in [7, 11) is 0. The second-order valence-corrected chi connectivity index (χ2v) is 7.60. The van der Waals surface area contributed by atoms with Gasteiger partial charge in [-0.05, 0) is 51.4 Å². The molecule has 0 spiro atoms. The van der Waals surface area contributed by atoms with Crippen molar-refractivity contribution in [2.45, 2.75) is 18.4 Å². The van der Waals surface area contributed by atoms with Gasteiger partial charge in [-0.2, -0.15) is 0 Å². The molecule has 3 aromatic rings. The van der Waals surface area contributed by atoms with Crippen molar-refractivity contribution in [3.63, 3.8) is 0 Å². The Morgan fingerprint density at radius 3 is 2.44 bits per heavy atom. The van der Waals surface area contributed by atoms with Gasteiger partial charge in [0.15, 0.2) is 0 Å². The molecule has 5 heteroatoms. The van der Waals surface area contributed by atoms with Crippen LogP contribution in [0.2, 0.25) is 0 Å². The molecule has 4 nitrogen and oxygen atoms in total. The molecule has 0 amide bonds. The number of benzene rings is 3. The van der Waals surface area contributed by atoms with E-state index in [0.29, 0.717) is 17.3 Å². The van der Waals surface area contributed by atoms with Gasteiger partial charge in [-0.3, -0.25) is 0 Å². The number of carbonyl (C=O) groups is 1. The average Bonchev–Trinajstić information content (AvgIpc) is 2.72. The lowest BCUT2D eigenvalue weighted by molar-refractivity contribution is -0.0380. The first-order chi connectivity index (χ1) is 13.1. The first kappa shape index (κ1) is 18.0. The molecule has 0 aromatic heterocycles. The van der Waals surface area contributed by atoms with Crippen molar-refractivity contribution in [3.8, 4) is 5.75 Å². The van der Waals surface area contributed by atoms with Gasteiger partial charge in [0.05, 0.1) is 4.47 Å². The average molecular weight is 426 g/mol. The van der Waals surface area contributed by atoms with Crippen LogP contribution in [-0.4, -0.2) is 24.2 Å². The first-order valence-corrected chi connectivity index (χ1v) is 9.80. The fourth-order valence-corrected chi connectivity index (χ4v) is 4.28. The summed E-state index contributed by atoms with van der Waals surface area (Å²) in [6.45, 7) is 1.55. The number of phenols is 1. The SMILES string of the molecule is O=C(OC1(c2ccccc2)CCNCC1)c1cc2ccccc2c(Br)c1O. The molecule has 27 heavy (non-hydrogen) atoms. The molecule has 0 bridgehead atoms. The van der Waals surface area contributed by atoms with Crippen molar-refractivity contribution >= 4 is 32.7 Å². The van der Waals surface area contributed by atoms with E-state index in [9.17, 15) is 9.90 Å². The van der Waals surface area contributed by atoms with Crippen molar-refractivity contribution in [2.75, 3.05) is 13.1 Å². The van der Waals surface area contributed by atoms with Gasteiger partial charge in [0.2, 0.25) is 0 Å². The van der Waals surface area contributed by atoms with Crippen LogP contribution in [0.4, 0.5) is 0 Å². The molecule has 0 saturated carbocycles. The van der Waals surface area contributed by atoms with Crippen LogP contribution in [0, 0.1) is 0 Å². The number of hydrogen-bond acceptors (Lipinski definition) is 4. The number of hydrogen-bond donors (Lipinski definition) is 2. The summed E-state index contributed by atoms with van der Waals surface area (Å²) in [5.41, 5.74) is 0.474. The minimum Gasteiger partial charge on any atom is -0.506 e. The third-order valence-corrected chi connectivity index (χ3v) is 5.98. The molecule has 0 radical (unpaired) electrons. The number of piperidine rings is 1. The van der Waals surface area contributed by atoms with Crippen LogP contribution in [0.25, 0.3) is 10.8 Å². The van der Waals surface area contributed by atoms with E-state index in [2.05, 4.69) is 21.2 Å². The number of fused-ring (bicyclic) bond motifs is 1. The second-order valence-electron chi connectivity index (χ2n) is 6.81. The lowest BCUT2D eigenvalue weighted by Gasteiger charge is -2.37. The van der Waals surface area contributed by atoms with Gasteiger partial charge < -0.3 is 15.2 Å². The molecular formula is C22H20BrNO3. The number of nitrogens with one attached hydrogen (secondary N) is 1. The number of esters is 1. The molecule has 0 unspecified atom stereocenters. The zero-order chi connectivity index (χ0) is 18.9. The maximum absolute atomic E-state index is 13.1. The summed E-state index contributed by atoms with van der Waals surface area (Å²) >= 11 is 3.42. The number of aromatic hydroxyl groups is 1. The topological polar surface area (TPSA) is 58.6 Å². The Morgan fingerprint density at radius 1 is 1.04 bits per heavy atom. The lowest BCUT2D eigenvalue weighted by Crippen LogP contribution is -2.43. The normalized spacial score (nSPS) is 16.2. The molecule has 1 fully saturated rings. The van der Waals surface area contributed by atoms with Gasteiger partial charge in [-0.1, -0.05) is 54.6 Å². The Labute approximate surface area is 166 Å². The minimum absolute atomic E-state index is 0.0872. The Bertz CT molecular complexity index is 982. The molecule has 138 valence electrons. The number of rotatable bonds is 3. The van der Waals surface area contributed by atoms with Crippen molar-refractivity contribution in [3.05, 3.63) is 76.3 Å². The van der Waals surface area contributed by atoms with Crippen LogP contribution >= 0.6 is 15.9 Å². The van der Waals surface area contributed by atoms with Crippen molar-refractivity contribution in [1.29, 1.82) is 0 Å². The third kappa shape index (κ3) is 3.33.